The van der Waals surface area contributed by atoms with Crippen molar-refractivity contribution in [1.29, 1.82) is 5.26 Å². The van der Waals surface area contributed by atoms with E-state index in [2.05, 4.69) is 23.3 Å². The number of thiazole rings is 1. The van der Waals surface area contributed by atoms with Crippen molar-refractivity contribution in [2.24, 2.45) is 5.92 Å². The van der Waals surface area contributed by atoms with Crippen LogP contribution in [0.25, 0.3) is 11.3 Å². The summed E-state index contributed by atoms with van der Waals surface area (Å²) >= 11 is 2.66. The molecule has 0 radical (unpaired) electrons. The number of rotatable bonds is 7. The fourth-order valence-corrected chi connectivity index (χ4v) is 5.50. The number of nitrogens with one attached hydrogen (secondary N) is 1. The molecule has 1 N–H and O–H groups in total. The van der Waals surface area contributed by atoms with Crippen molar-refractivity contribution in [3.63, 3.8) is 0 Å². The minimum atomic E-state index is -0.436. The number of anilines is 1. The normalized spacial score (nSPS) is 15.7. The van der Waals surface area contributed by atoms with Gasteiger partial charge in [0.2, 0.25) is 5.91 Å². The number of amides is 1. The molecule has 7 nitrogen and oxygen atoms in total. The van der Waals surface area contributed by atoms with E-state index >= 15 is 0 Å². The molecule has 2 unspecified atom stereocenters. The zero-order valence-electron chi connectivity index (χ0n) is 19.5. The Morgan fingerprint density at radius 1 is 1.26 bits per heavy atom. The van der Waals surface area contributed by atoms with E-state index in [9.17, 15) is 10.1 Å². The molecule has 1 aliphatic rings. The number of nitrogens with zero attached hydrogens (tertiary/aromatic N) is 3. The third-order valence-corrected chi connectivity index (χ3v) is 7.65. The molecule has 3 aromatic rings. The average molecular weight is 495 g/mol. The third kappa shape index (κ3) is 5.18. The SMILES string of the molecule is COc1ccc(-c2csc(NC(=O)C(C)Sc3nc4c(cc3C#N)CC(C)CC4)n2)cc1OC. The summed E-state index contributed by atoms with van der Waals surface area (Å²) < 4.78 is 10.7. The predicted octanol–water partition coefficient (Wildman–Crippen LogP) is 5.34. The first kappa shape index (κ1) is 24.0. The van der Waals surface area contributed by atoms with Crippen LogP contribution in [0.5, 0.6) is 11.5 Å². The molecule has 0 bridgehead atoms. The van der Waals surface area contributed by atoms with Crippen molar-refractivity contribution in [2.75, 3.05) is 19.5 Å². The average Bonchev–Trinajstić information content (AvgIpc) is 3.31. The second-order valence-corrected chi connectivity index (χ2v) is 10.5. The van der Waals surface area contributed by atoms with Gasteiger partial charge < -0.3 is 14.8 Å². The highest BCUT2D eigenvalue weighted by molar-refractivity contribution is 8.00. The first-order valence-electron chi connectivity index (χ1n) is 11.0. The number of benzene rings is 1. The summed E-state index contributed by atoms with van der Waals surface area (Å²) in [6, 6.07) is 9.76. The monoisotopic (exact) mass is 494 g/mol. The molecule has 2 atom stereocenters. The molecule has 0 saturated carbocycles. The van der Waals surface area contributed by atoms with E-state index in [1.165, 1.54) is 23.1 Å². The van der Waals surface area contributed by atoms with Crippen molar-refractivity contribution in [3.8, 4) is 28.8 Å². The Morgan fingerprint density at radius 3 is 2.79 bits per heavy atom. The Hall–Kier alpha value is -3.09. The lowest BCUT2D eigenvalue weighted by Gasteiger charge is -2.22. The number of nitriles is 1. The van der Waals surface area contributed by atoms with Gasteiger partial charge in [0.25, 0.3) is 0 Å². The molecule has 4 rings (SSSR count). The molecule has 1 amide bonds. The van der Waals surface area contributed by atoms with E-state index in [4.69, 9.17) is 14.5 Å². The van der Waals surface area contributed by atoms with Gasteiger partial charge in [0.05, 0.1) is 30.7 Å². The van der Waals surface area contributed by atoms with Crippen molar-refractivity contribution < 1.29 is 14.3 Å². The Bertz CT molecular complexity index is 1250. The van der Waals surface area contributed by atoms with E-state index in [0.29, 0.717) is 33.1 Å². The summed E-state index contributed by atoms with van der Waals surface area (Å²) in [5.74, 6) is 1.67. The highest BCUT2D eigenvalue weighted by Gasteiger charge is 2.23. The molecule has 2 heterocycles. The third-order valence-electron chi connectivity index (χ3n) is 5.79. The number of carbonyl (C=O) groups excluding carboxylic acids is 1. The van der Waals surface area contributed by atoms with Crippen LogP contribution in [0.3, 0.4) is 0 Å². The number of hydrogen-bond acceptors (Lipinski definition) is 8. The maximum absolute atomic E-state index is 12.9. The van der Waals surface area contributed by atoms with E-state index in [1.54, 1.807) is 14.2 Å². The Labute approximate surface area is 207 Å². The minimum absolute atomic E-state index is 0.185. The topological polar surface area (TPSA) is 97.1 Å². The number of hydrogen-bond donors (Lipinski definition) is 1. The standard InChI is InChI=1S/C25H26N4O3S2/c1-14-5-7-19-17(9-14)10-18(12-26)24(27-19)34-15(2)23(30)29-25-28-20(13-33-25)16-6-8-21(31-3)22(11-16)32-4/h6,8,10-11,13-15H,5,7,9H2,1-4H3,(H,28,29,30). The molecule has 0 spiro atoms. The van der Waals surface area contributed by atoms with Crippen LogP contribution >= 0.6 is 23.1 Å². The maximum atomic E-state index is 12.9. The van der Waals surface area contributed by atoms with E-state index in [0.717, 1.165) is 41.8 Å². The van der Waals surface area contributed by atoms with E-state index in [1.807, 2.05) is 36.6 Å². The highest BCUT2D eigenvalue weighted by atomic mass is 32.2. The Kier molecular flexibility index (Phi) is 7.39. The van der Waals surface area contributed by atoms with Crippen molar-refractivity contribution in [2.45, 2.75) is 43.4 Å². The van der Waals surface area contributed by atoms with Gasteiger partial charge in [-0.15, -0.1) is 11.3 Å². The predicted molar refractivity (Wildman–Crippen MR) is 135 cm³/mol. The first-order valence-corrected chi connectivity index (χ1v) is 12.8. The molecule has 1 aromatic carbocycles. The van der Waals surface area contributed by atoms with Crippen LogP contribution < -0.4 is 14.8 Å². The van der Waals surface area contributed by atoms with Crippen LogP contribution in [0, 0.1) is 17.2 Å². The van der Waals surface area contributed by atoms with Crippen LogP contribution in [0.4, 0.5) is 5.13 Å². The van der Waals surface area contributed by atoms with Gasteiger partial charge in [0.15, 0.2) is 16.6 Å². The molecule has 9 heteroatoms. The zero-order chi connectivity index (χ0) is 24.2. The minimum Gasteiger partial charge on any atom is -0.493 e. The molecule has 0 aliphatic heterocycles. The summed E-state index contributed by atoms with van der Waals surface area (Å²) in [4.78, 5) is 22.2. The van der Waals surface area contributed by atoms with Gasteiger partial charge in [-0.05, 0) is 61.9 Å². The lowest BCUT2D eigenvalue weighted by atomic mass is 9.87. The van der Waals surface area contributed by atoms with Crippen LogP contribution in [0.15, 0.2) is 34.7 Å². The molecule has 34 heavy (non-hydrogen) atoms. The molecular weight excluding hydrogens is 468 g/mol. The molecule has 2 aromatic heterocycles. The van der Waals surface area contributed by atoms with E-state index < -0.39 is 5.25 Å². The quantitative estimate of drug-likeness (QED) is 0.443. The second kappa shape index (κ2) is 10.5. The van der Waals surface area contributed by atoms with Gasteiger partial charge in [0, 0.05) is 16.6 Å². The lowest BCUT2D eigenvalue weighted by molar-refractivity contribution is -0.115. The summed E-state index contributed by atoms with van der Waals surface area (Å²) in [5.41, 5.74) is 4.33. The zero-order valence-corrected chi connectivity index (χ0v) is 21.2. The summed E-state index contributed by atoms with van der Waals surface area (Å²) in [6.45, 7) is 4.03. The lowest BCUT2D eigenvalue weighted by Crippen LogP contribution is -2.23. The van der Waals surface area contributed by atoms with Gasteiger partial charge in [-0.25, -0.2) is 9.97 Å². The summed E-state index contributed by atoms with van der Waals surface area (Å²) in [5, 5.41) is 15.1. The van der Waals surface area contributed by atoms with Crippen LogP contribution in [-0.2, 0) is 17.6 Å². The highest BCUT2D eigenvalue weighted by Crippen LogP contribution is 2.34. The fraction of sp³-hybridized carbons (Fsp3) is 0.360. The number of aromatic nitrogens is 2. The Balaban J connectivity index is 1.45. The fourth-order valence-electron chi connectivity index (χ4n) is 3.88. The van der Waals surface area contributed by atoms with Crippen LogP contribution in [0.2, 0.25) is 0 Å². The largest absolute Gasteiger partial charge is 0.493 e. The van der Waals surface area contributed by atoms with Gasteiger partial charge in [-0.1, -0.05) is 18.7 Å². The number of fused-ring (bicyclic) bond motifs is 1. The summed E-state index contributed by atoms with van der Waals surface area (Å²) in [7, 11) is 3.18. The molecule has 0 saturated heterocycles. The second-order valence-electron chi connectivity index (χ2n) is 8.26. The first-order chi connectivity index (χ1) is 16.4. The number of aryl methyl sites for hydroxylation is 1. The number of methoxy groups -OCH3 is 2. The van der Waals surface area contributed by atoms with Gasteiger partial charge in [0.1, 0.15) is 11.1 Å². The number of thioether (sulfide) groups is 1. The summed E-state index contributed by atoms with van der Waals surface area (Å²) in [6.07, 6.45) is 2.96. The van der Waals surface area contributed by atoms with Crippen LogP contribution in [-0.4, -0.2) is 35.3 Å². The molecule has 176 valence electrons. The molecule has 1 aliphatic carbocycles. The van der Waals surface area contributed by atoms with Gasteiger partial charge >= 0.3 is 0 Å². The van der Waals surface area contributed by atoms with Gasteiger partial charge in [-0.2, -0.15) is 5.26 Å². The van der Waals surface area contributed by atoms with Gasteiger partial charge in [-0.3, -0.25) is 4.79 Å². The van der Waals surface area contributed by atoms with E-state index in [-0.39, 0.29) is 5.91 Å². The maximum Gasteiger partial charge on any atom is 0.239 e. The number of ether oxygens (including phenoxy) is 2. The molecule has 0 fully saturated rings. The molecular formula is C25H26N4O3S2. The number of pyridine rings is 1. The van der Waals surface area contributed by atoms with Crippen molar-refractivity contribution in [1.82, 2.24) is 9.97 Å². The smallest absolute Gasteiger partial charge is 0.239 e. The van der Waals surface area contributed by atoms with Crippen molar-refractivity contribution in [3.05, 3.63) is 46.5 Å². The van der Waals surface area contributed by atoms with Crippen molar-refractivity contribution >= 4 is 34.1 Å². The number of carbonyl (C=O) groups is 1. The Morgan fingerprint density at radius 2 is 2.06 bits per heavy atom. The van der Waals surface area contributed by atoms with Crippen LogP contribution in [0.1, 0.15) is 37.1 Å².